The molecule has 2 N–H and O–H groups in total. The van der Waals surface area contributed by atoms with Crippen LogP contribution in [0.4, 0.5) is 0 Å². The highest BCUT2D eigenvalue weighted by atomic mass is 32.2. The number of thiophene rings is 1. The van der Waals surface area contributed by atoms with E-state index in [-0.39, 0.29) is 10.6 Å². The molecule has 0 amide bonds. The number of carbonyl (C=O) groups is 1. The monoisotopic (exact) mass is 326 g/mol. The Morgan fingerprint density at radius 1 is 1.38 bits per heavy atom. The van der Waals surface area contributed by atoms with Crippen molar-refractivity contribution in [2.24, 2.45) is 0 Å². The maximum Gasteiger partial charge on any atom is 0.308 e. The lowest BCUT2D eigenvalue weighted by molar-refractivity contribution is -0.136. The molecule has 0 aliphatic heterocycles. The minimum Gasteiger partial charge on any atom is -0.481 e. The van der Waals surface area contributed by atoms with E-state index in [0.29, 0.717) is 10.6 Å². The summed E-state index contributed by atoms with van der Waals surface area (Å²) < 4.78 is 27.1. The van der Waals surface area contributed by atoms with Gasteiger partial charge in [0.1, 0.15) is 4.21 Å². The molecule has 2 aromatic heterocycles. The quantitative estimate of drug-likeness (QED) is 0.844. The number of aliphatic carboxylic acids is 1. The van der Waals surface area contributed by atoms with Crippen LogP contribution in [0, 0.1) is 0 Å². The first-order valence-electron chi connectivity index (χ1n) is 6.12. The van der Waals surface area contributed by atoms with E-state index in [2.05, 4.69) is 9.71 Å². The van der Waals surface area contributed by atoms with E-state index < -0.39 is 22.0 Å². The Bertz CT molecular complexity index is 726. The summed E-state index contributed by atoms with van der Waals surface area (Å²) in [6, 6.07) is 7.72. The molecule has 0 saturated carbocycles. The fourth-order valence-corrected chi connectivity index (χ4v) is 4.31. The highest BCUT2D eigenvalue weighted by Crippen LogP contribution is 2.23. The average Bonchev–Trinajstić information content (AvgIpc) is 2.88. The summed E-state index contributed by atoms with van der Waals surface area (Å²) in [5.41, 5.74) is 0.614. The van der Waals surface area contributed by atoms with Crippen molar-refractivity contribution in [1.29, 1.82) is 0 Å². The molecule has 0 aromatic carbocycles. The Morgan fingerprint density at radius 3 is 2.76 bits per heavy atom. The van der Waals surface area contributed by atoms with Crippen LogP contribution in [0.15, 0.2) is 40.7 Å². The van der Waals surface area contributed by atoms with E-state index in [4.69, 9.17) is 5.11 Å². The Balaban J connectivity index is 2.15. The van der Waals surface area contributed by atoms with Gasteiger partial charge in [-0.05, 0) is 31.2 Å². The molecule has 0 aliphatic rings. The molecule has 2 heterocycles. The van der Waals surface area contributed by atoms with Crippen LogP contribution in [0.1, 0.15) is 23.5 Å². The van der Waals surface area contributed by atoms with E-state index in [1.54, 1.807) is 31.3 Å². The largest absolute Gasteiger partial charge is 0.481 e. The summed E-state index contributed by atoms with van der Waals surface area (Å²) in [5, 5.41) is 8.71. The van der Waals surface area contributed by atoms with Gasteiger partial charge in [0.05, 0.1) is 18.2 Å². The third-order valence-electron chi connectivity index (χ3n) is 2.69. The summed E-state index contributed by atoms with van der Waals surface area (Å²) in [7, 11) is -3.69. The average molecular weight is 326 g/mol. The molecular weight excluding hydrogens is 312 g/mol. The van der Waals surface area contributed by atoms with Crippen LogP contribution < -0.4 is 4.72 Å². The number of sulfonamides is 1. The highest BCUT2D eigenvalue weighted by molar-refractivity contribution is 7.91. The molecule has 0 saturated heterocycles. The van der Waals surface area contributed by atoms with Gasteiger partial charge in [-0.1, -0.05) is 6.07 Å². The van der Waals surface area contributed by atoms with Crippen molar-refractivity contribution in [1.82, 2.24) is 9.71 Å². The molecule has 112 valence electrons. The predicted octanol–water partition coefficient (Wildman–Crippen LogP) is 1.81. The van der Waals surface area contributed by atoms with E-state index in [9.17, 15) is 13.2 Å². The van der Waals surface area contributed by atoms with Gasteiger partial charge in [-0.25, -0.2) is 13.1 Å². The first-order valence-corrected chi connectivity index (χ1v) is 8.42. The number of carboxylic acids is 1. The minimum atomic E-state index is -3.69. The maximum atomic E-state index is 12.2. The summed E-state index contributed by atoms with van der Waals surface area (Å²) in [5.74, 6) is -0.990. The van der Waals surface area contributed by atoms with Crippen LogP contribution in [-0.2, 0) is 21.2 Å². The van der Waals surface area contributed by atoms with Gasteiger partial charge in [-0.2, -0.15) is 0 Å². The predicted molar refractivity (Wildman–Crippen MR) is 78.6 cm³/mol. The number of pyridine rings is 1. The number of rotatable bonds is 6. The van der Waals surface area contributed by atoms with Gasteiger partial charge >= 0.3 is 5.97 Å². The lowest BCUT2D eigenvalue weighted by Gasteiger charge is -2.12. The van der Waals surface area contributed by atoms with Gasteiger partial charge in [0.15, 0.2) is 0 Å². The van der Waals surface area contributed by atoms with Crippen LogP contribution in [-0.4, -0.2) is 24.5 Å². The molecule has 1 atom stereocenters. The lowest BCUT2D eigenvalue weighted by Crippen LogP contribution is -2.26. The van der Waals surface area contributed by atoms with Crippen molar-refractivity contribution in [3.05, 3.63) is 47.1 Å². The van der Waals surface area contributed by atoms with E-state index in [0.717, 1.165) is 11.3 Å². The van der Waals surface area contributed by atoms with Gasteiger partial charge in [0.25, 0.3) is 10.0 Å². The zero-order valence-corrected chi connectivity index (χ0v) is 12.8. The third-order valence-corrected chi connectivity index (χ3v) is 5.81. The number of hydrogen-bond donors (Lipinski definition) is 2. The van der Waals surface area contributed by atoms with Crippen molar-refractivity contribution >= 4 is 27.3 Å². The normalized spacial score (nSPS) is 13.0. The van der Waals surface area contributed by atoms with Crippen molar-refractivity contribution in [2.45, 2.75) is 23.6 Å². The lowest BCUT2D eigenvalue weighted by atomic mass is 10.2. The molecule has 0 radical (unpaired) electrons. The Kier molecular flexibility index (Phi) is 4.71. The molecule has 1 unspecified atom stereocenters. The zero-order chi connectivity index (χ0) is 15.5. The Hall–Kier alpha value is -1.77. The van der Waals surface area contributed by atoms with Crippen LogP contribution in [0.3, 0.4) is 0 Å². The Morgan fingerprint density at radius 2 is 2.14 bits per heavy atom. The first kappa shape index (κ1) is 15.6. The number of hydrogen-bond acceptors (Lipinski definition) is 5. The molecule has 2 rings (SSSR count). The van der Waals surface area contributed by atoms with Gasteiger partial charge in [0.2, 0.25) is 0 Å². The number of aromatic nitrogens is 1. The standard InChI is InChI=1S/C13H14N2O4S2/c1-9(11-4-2-3-7-14-11)15-21(18,19)13-6-5-10(20-13)8-12(16)17/h2-7,9,15H,8H2,1H3,(H,16,17). The fourth-order valence-electron chi connectivity index (χ4n) is 1.73. The van der Waals surface area contributed by atoms with E-state index in [1.807, 2.05) is 0 Å². The summed E-state index contributed by atoms with van der Waals surface area (Å²) in [6.45, 7) is 1.70. The number of nitrogens with one attached hydrogen (secondary N) is 1. The van der Waals surface area contributed by atoms with Crippen molar-refractivity contribution in [3.8, 4) is 0 Å². The fraction of sp³-hybridized carbons (Fsp3) is 0.231. The van der Waals surface area contributed by atoms with E-state index in [1.165, 1.54) is 12.1 Å². The van der Waals surface area contributed by atoms with Crippen molar-refractivity contribution in [3.63, 3.8) is 0 Å². The van der Waals surface area contributed by atoms with Crippen LogP contribution in [0.2, 0.25) is 0 Å². The molecule has 0 aliphatic carbocycles. The van der Waals surface area contributed by atoms with Gasteiger partial charge < -0.3 is 5.11 Å². The topological polar surface area (TPSA) is 96.4 Å². The molecule has 0 fully saturated rings. The second kappa shape index (κ2) is 6.33. The second-order valence-electron chi connectivity index (χ2n) is 4.39. The van der Waals surface area contributed by atoms with Gasteiger partial charge in [0, 0.05) is 11.1 Å². The molecule has 21 heavy (non-hydrogen) atoms. The molecule has 0 spiro atoms. The minimum absolute atomic E-state index is 0.0986. The third kappa shape index (κ3) is 4.10. The van der Waals surface area contributed by atoms with Crippen LogP contribution >= 0.6 is 11.3 Å². The maximum absolute atomic E-state index is 12.2. The van der Waals surface area contributed by atoms with E-state index >= 15 is 0 Å². The number of nitrogens with zero attached hydrogens (tertiary/aromatic N) is 1. The summed E-state index contributed by atoms with van der Waals surface area (Å²) in [4.78, 5) is 15.2. The molecule has 2 aromatic rings. The summed E-state index contributed by atoms with van der Waals surface area (Å²) in [6.07, 6.45) is 1.41. The summed E-state index contributed by atoms with van der Waals surface area (Å²) >= 11 is 0.954. The zero-order valence-electron chi connectivity index (χ0n) is 11.2. The number of carboxylic acid groups (broad SMARTS) is 1. The van der Waals surface area contributed by atoms with Crippen molar-refractivity contribution in [2.75, 3.05) is 0 Å². The second-order valence-corrected chi connectivity index (χ2v) is 7.50. The van der Waals surface area contributed by atoms with Crippen LogP contribution in [0.5, 0.6) is 0 Å². The molecule has 8 heteroatoms. The smallest absolute Gasteiger partial charge is 0.308 e. The van der Waals surface area contributed by atoms with Gasteiger partial charge in [-0.3, -0.25) is 9.78 Å². The van der Waals surface area contributed by atoms with Crippen LogP contribution in [0.25, 0.3) is 0 Å². The molecular formula is C13H14N2O4S2. The Labute approximate surface area is 126 Å². The molecule has 0 bridgehead atoms. The highest BCUT2D eigenvalue weighted by Gasteiger charge is 2.21. The van der Waals surface area contributed by atoms with Gasteiger partial charge in [-0.15, -0.1) is 11.3 Å². The molecule has 6 nitrogen and oxygen atoms in total. The van der Waals surface area contributed by atoms with Crippen molar-refractivity contribution < 1.29 is 18.3 Å². The SMILES string of the molecule is CC(NS(=O)(=O)c1ccc(CC(=O)O)s1)c1ccccn1. The first-order chi connectivity index (χ1) is 9.88.